The smallest absolute Gasteiger partial charge is 0.423 e. The molecule has 2 rings (SSSR count). The number of anilines is 1. The summed E-state index contributed by atoms with van der Waals surface area (Å²) in [6.45, 7) is 1.67. The first kappa shape index (κ1) is 16.1. The molecule has 1 aromatic heterocycles. The number of nitrogens with two attached hydrogens (primary N) is 1. The fourth-order valence-corrected chi connectivity index (χ4v) is 1.81. The Morgan fingerprint density at radius 3 is 2.55 bits per heavy atom. The van der Waals surface area contributed by atoms with Gasteiger partial charge >= 0.3 is 13.3 Å². The van der Waals surface area contributed by atoms with Gasteiger partial charge in [-0.2, -0.15) is 18.3 Å². The molecule has 4 N–H and O–H groups in total. The van der Waals surface area contributed by atoms with Gasteiger partial charge in [0.25, 0.3) is 0 Å². The third-order valence-corrected chi connectivity index (χ3v) is 2.84. The van der Waals surface area contributed by atoms with E-state index in [1.165, 1.54) is 12.3 Å². The minimum Gasteiger partial charge on any atom is -0.423 e. The van der Waals surface area contributed by atoms with Gasteiger partial charge in [0.05, 0.1) is 23.7 Å². The molecule has 0 fully saturated rings. The number of nitrogen functional groups attached to an aromatic ring is 1. The summed E-state index contributed by atoms with van der Waals surface area (Å²) >= 11 is 0. The maximum atomic E-state index is 13.0. The highest BCUT2D eigenvalue weighted by Gasteiger charge is 2.34. The second-order valence-electron chi connectivity index (χ2n) is 4.55. The maximum absolute atomic E-state index is 13.0. The predicted molar refractivity (Wildman–Crippen MR) is 75.6 cm³/mol. The van der Waals surface area contributed by atoms with Crippen LogP contribution in [0.5, 0.6) is 0 Å². The zero-order chi connectivity index (χ0) is 16.5. The van der Waals surface area contributed by atoms with Crippen molar-refractivity contribution in [3.63, 3.8) is 0 Å². The summed E-state index contributed by atoms with van der Waals surface area (Å²) in [6.07, 6.45) is -2.22. The summed E-state index contributed by atoms with van der Waals surface area (Å²) in [5.74, 6) is 0.0460. The van der Waals surface area contributed by atoms with Crippen molar-refractivity contribution in [3.05, 3.63) is 41.2 Å². The summed E-state index contributed by atoms with van der Waals surface area (Å²) in [6, 6.07) is 2.93. The largest absolute Gasteiger partial charge is 0.488 e. The van der Waals surface area contributed by atoms with Gasteiger partial charge in [-0.3, -0.25) is 0 Å². The Kier molecular flexibility index (Phi) is 4.24. The molecule has 0 aliphatic carbocycles. The highest BCUT2D eigenvalue weighted by atomic mass is 19.4. The first-order valence-corrected chi connectivity index (χ1v) is 6.11. The lowest BCUT2D eigenvalue weighted by Crippen LogP contribution is -2.31. The van der Waals surface area contributed by atoms with Crippen molar-refractivity contribution < 1.29 is 23.2 Å². The van der Waals surface area contributed by atoms with Crippen LogP contribution in [-0.4, -0.2) is 33.0 Å². The van der Waals surface area contributed by atoms with Crippen LogP contribution in [0.3, 0.4) is 0 Å². The number of benzene rings is 1. The van der Waals surface area contributed by atoms with Gasteiger partial charge in [0.15, 0.2) is 0 Å². The lowest BCUT2D eigenvalue weighted by Gasteiger charge is -2.12. The average molecular weight is 312 g/mol. The Morgan fingerprint density at radius 1 is 1.36 bits per heavy atom. The lowest BCUT2D eigenvalue weighted by molar-refractivity contribution is -0.137. The highest BCUT2D eigenvalue weighted by molar-refractivity contribution is 6.58. The third kappa shape index (κ3) is 3.46. The molecule has 0 aliphatic rings. The van der Waals surface area contributed by atoms with Gasteiger partial charge in [-0.15, -0.1) is 0 Å². The van der Waals surface area contributed by atoms with Crippen LogP contribution in [0.2, 0.25) is 0 Å². The van der Waals surface area contributed by atoms with E-state index < -0.39 is 18.9 Å². The first-order valence-electron chi connectivity index (χ1n) is 6.11. The molecule has 0 atom stereocenters. The van der Waals surface area contributed by atoms with E-state index in [1.807, 2.05) is 0 Å². The lowest BCUT2D eigenvalue weighted by atomic mass is 9.79. The molecule has 0 bridgehead atoms. The SMILES string of the molecule is Cc1cn(N=Cc2ccc(B(O)O)cc2C(F)(F)F)c(N)n1. The number of aryl methyl sites for hydroxylation is 1. The van der Waals surface area contributed by atoms with Crippen LogP contribution in [0.15, 0.2) is 29.5 Å². The molecule has 0 unspecified atom stereocenters. The Bertz CT molecular complexity index is 713. The summed E-state index contributed by atoms with van der Waals surface area (Å²) < 4.78 is 40.2. The van der Waals surface area contributed by atoms with Crippen molar-refractivity contribution in [2.45, 2.75) is 13.1 Å². The van der Waals surface area contributed by atoms with Crippen LogP contribution in [0.1, 0.15) is 16.8 Å². The van der Waals surface area contributed by atoms with Gasteiger partial charge < -0.3 is 15.8 Å². The number of nitrogens with zero attached hydrogens (tertiary/aromatic N) is 3. The predicted octanol–water partition coefficient (Wildman–Crippen LogP) is 0.355. The van der Waals surface area contributed by atoms with Crippen molar-refractivity contribution in [1.29, 1.82) is 0 Å². The standard InChI is InChI=1S/C12H12BF3N4O2/c1-7-6-20(11(17)19-7)18-5-8-2-3-9(13(21)22)4-10(8)12(14,15)16/h2-6,21-22H,1H3,(H2,17,19). The van der Waals surface area contributed by atoms with E-state index in [0.717, 1.165) is 17.0 Å². The number of hydrogen-bond acceptors (Lipinski definition) is 5. The van der Waals surface area contributed by atoms with Gasteiger partial charge in [-0.25, -0.2) is 9.66 Å². The second kappa shape index (κ2) is 5.81. The molecule has 0 saturated carbocycles. The molecule has 0 amide bonds. The van der Waals surface area contributed by atoms with Crippen LogP contribution >= 0.6 is 0 Å². The molecule has 1 aromatic carbocycles. The molecule has 0 spiro atoms. The van der Waals surface area contributed by atoms with Gasteiger partial charge in [0.1, 0.15) is 0 Å². The highest BCUT2D eigenvalue weighted by Crippen LogP contribution is 2.30. The van der Waals surface area contributed by atoms with Crippen LogP contribution in [-0.2, 0) is 6.18 Å². The van der Waals surface area contributed by atoms with Crippen LogP contribution in [0, 0.1) is 6.92 Å². The van der Waals surface area contributed by atoms with E-state index >= 15 is 0 Å². The normalized spacial score (nSPS) is 12.1. The van der Waals surface area contributed by atoms with Crippen LogP contribution in [0.4, 0.5) is 19.1 Å². The average Bonchev–Trinajstić information content (AvgIpc) is 2.73. The van der Waals surface area contributed by atoms with Gasteiger partial charge in [0, 0.05) is 5.56 Å². The molecule has 0 saturated heterocycles. The van der Waals surface area contributed by atoms with Crippen LogP contribution in [0.25, 0.3) is 0 Å². The summed E-state index contributed by atoms with van der Waals surface area (Å²) in [5, 5.41) is 21.8. The number of rotatable bonds is 3. The van der Waals surface area contributed by atoms with E-state index in [0.29, 0.717) is 11.8 Å². The maximum Gasteiger partial charge on any atom is 0.488 e. The Morgan fingerprint density at radius 2 is 2.05 bits per heavy atom. The molecule has 0 aliphatic heterocycles. The van der Waals surface area contributed by atoms with Crippen molar-refractivity contribution in [2.75, 3.05) is 5.73 Å². The Labute approximate surface area is 123 Å². The quantitative estimate of drug-likeness (QED) is 0.563. The Balaban J connectivity index is 2.44. The minimum absolute atomic E-state index is 0.0460. The number of aromatic nitrogens is 2. The third-order valence-electron chi connectivity index (χ3n) is 2.84. The number of imidazole rings is 1. The van der Waals surface area contributed by atoms with Crippen molar-refractivity contribution in [1.82, 2.24) is 9.66 Å². The zero-order valence-corrected chi connectivity index (χ0v) is 11.4. The fraction of sp³-hybridized carbons (Fsp3) is 0.167. The fourth-order valence-electron chi connectivity index (χ4n) is 1.81. The molecule has 1 heterocycles. The summed E-state index contributed by atoms with van der Waals surface area (Å²) in [7, 11) is -1.99. The zero-order valence-electron chi connectivity index (χ0n) is 11.4. The molecular weight excluding hydrogens is 300 g/mol. The van der Waals surface area contributed by atoms with Crippen LogP contribution < -0.4 is 11.2 Å². The van der Waals surface area contributed by atoms with E-state index in [1.54, 1.807) is 6.92 Å². The van der Waals surface area contributed by atoms with Crippen molar-refractivity contribution in [2.24, 2.45) is 5.10 Å². The van der Waals surface area contributed by atoms with Crippen molar-refractivity contribution >= 4 is 24.7 Å². The van der Waals surface area contributed by atoms with E-state index in [2.05, 4.69) is 10.1 Å². The number of hydrogen-bond donors (Lipinski definition) is 3. The molecule has 2 aromatic rings. The van der Waals surface area contributed by atoms with Crippen molar-refractivity contribution in [3.8, 4) is 0 Å². The van der Waals surface area contributed by atoms with E-state index in [4.69, 9.17) is 15.8 Å². The van der Waals surface area contributed by atoms with Gasteiger partial charge in [0.2, 0.25) is 5.95 Å². The molecular formula is C12H12BF3N4O2. The topological polar surface area (TPSA) is 96.7 Å². The molecule has 0 radical (unpaired) electrons. The second-order valence-corrected chi connectivity index (χ2v) is 4.55. The van der Waals surface area contributed by atoms with E-state index in [-0.39, 0.29) is 17.0 Å². The molecule has 6 nitrogen and oxygen atoms in total. The summed E-state index contributed by atoms with van der Waals surface area (Å²) in [5.41, 5.74) is 4.59. The van der Waals surface area contributed by atoms with Gasteiger partial charge in [-0.05, 0) is 18.5 Å². The molecule has 116 valence electrons. The monoisotopic (exact) mass is 312 g/mol. The van der Waals surface area contributed by atoms with Gasteiger partial charge in [-0.1, -0.05) is 12.1 Å². The number of alkyl halides is 3. The Hall–Kier alpha value is -2.33. The minimum atomic E-state index is -4.66. The number of halogens is 3. The molecule has 22 heavy (non-hydrogen) atoms. The van der Waals surface area contributed by atoms with E-state index in [9.17, 15) is 13.2 Å². The summed E-state index contributed by atoms with van der Waals surface area (Å²) in [4.78, 5) is 3.87. The first-order chi connectivity index (χ1) is 10.2. The molecule has 10 heteroatoms.